The molecule has 1 amide bonds. The molecule has 2 rings (SSSR count). The standard InChI is InChI=1S/C14H18ClNO4S/c1-10-3-6-13(21(15,18)19)12(9-10)14(17)16(7-8-20-2)11-4-5-11/h3,6,9,11H,4-5,7-8H2,1-2H3. The van der Waals surface area contributed by atoms with Crippen molar-refractivity contribution in [1.82, 2.24) is 4.90 Å². The van der Waals surface area contributed by atoms with Crippen LogP contribution in [0.1, 0.15) is 28.8 Å². The first-order valence-electron chi connectivity index (χ1n) is 6.70. The average Bonchev–Trinajstić information content (AvgIpc) is 3.22. The van der Waals surface area contributed by atoms with E-state index >= 15 is 0 Å². The van der Waals surface area contributed by atoms with E-state index in [0.29, 0.717) is 13.2 Å². The molecule has 1 aromatic carbocycles. The van der Waals surface area contributed by atoms with E-state index in [9.17, 15) is 13.2 Å². The first-order chi connectivity index (χ1) is 9.84. The van der Waals surface area contributed by atoms with E-state index in [0.717, 1.165) is 18.4 Å². The van der Waals surface area contributed by atoms with Gasteiger partial charge >= 0.3 is 0 Å². The van der Waals surface area contributed by atoms with Crippen LogP contribution in [-0.2, 0) is 13.8 Å². The van der Waals surface area contributed by atoms with Gasteiger partial charge in [0.05, 0.1) is 17.1 Å². The first-order valence-corrected chi connectivity index (χ1v) is 9.00. The summed E-state index contributed by atoms with van der Waals surface area (Å²) >= 11 is 0. The summed E-state index contributed by atoms with van der Waals surface area (Å²) in [6.45, 7) is 2.66. The number of aryl methyl sites for hydroxylation is 1. The van der Waals surface area contributed by atoms with Crippen LogP contribution in [0, 0.1) is 6.92 Å². The zero-order valence-corrected chi connectivity index (χ0v) is 13.6. The molecule has 1 saturated carbocycles. The lowest BCUT2D eigenvalue weighted by Crippen LogP contribution is -2.36. The van der Waals surface area contributed by atoms with E-state index in [4.69, 9.17) is 15.4 Å². The summed E-state index contributed by atoms with van der Waals surface area (Å²) in [5.41, 5.74) is 0.943. The summed E-state index contributed by atoms with van der Waals surface area (Å²) in [4.78, 5) is 14.2. The normalized spacial score (nSPS) is 15.0. The third-order valence-electron chi connectivity index (χ3n) is 3.41. The van der Waals surface area contributed by atoms with Gasteiger partial charge in [0.15, 0.2) is 0 Å². The van der Waals surface area contributed by atoms with E-state index < -0.39 is 9.05 Å². The fourth-order valence-corrected chi connectivity index (χ4v) is 3.25. The number of rotatable bonds is 6. The van der Waals surface area contributed by atoms with Crippen LogP contribution in [0.5, 0.6) is 0 Å². The monoisotopic (exact) mass is 331 g/mol. The number of carbonyl (C=O) groups is 1. The fourth-order valence-electron chi connectivity index (χ4n) is 2.20. The highest BCUT2D eigenvalue weighted by atomic mass is 35.7. The van der Waals surface area contributed by atoms with Crippen molar-refractivity contribution < 1.29 is 17.9 Å². The molecular formula is C14H18ClNO4S. The molecule has 0 unspecified atom stereocenters. The smallest absolute Gasteiger partial charge is 0.262 e. The lowest BCUT2D eigenvalue weighted by Gasteiger charge is -2.23. The first kappa shape index (κ1) is 16.3. The molecule has 1 aromatic rings. The van der Waals surface area contributed by atoms with Gasteiger partial charge in [-0.15, -0.1) is 0 Å². The Morgan fingerprint density at radius 3 is 2.62 bits per heavy atom. The minimum atomic E-state index is -3.96. The van der Waals surface area contributed by atoms with Gasteiger partial charge in [0.1, 0.15) is 0 Å². The minimum absolute atomic E-state index is 0.132. The van der Waals surface area contributed by atoms with Crippen LogP contribution < -0.4 is 0 Å². The fraction of sp³-hybridized carbons (Fsp3) is 0.500. The average molecular weight is 332 g/mol. The maximum Gasteiger partial charge on any atom is 0.262 e. The van der Waals surface area contributed by atoms with Crippen molar-refractivity contribution in [2.45, 2.75) is 30.7 Å². The third kappa shape index (κ3) is 3.96. The molecule has 0 N–H and O–H groups in total. The minimum Gasteiger partial charge on any atom is -0.383 e. The van der Waals surface area contributed by atoms with Gasteiger partial charge in [-0.2, -0.15) is 0 Å². The molecule has 0 aromatic heterocycles. The Hall–Kier alpha value is -1.11. The van der Waals surface area contributed by atoms with Crippen molar-refractivity contribution in [3.63, 3.8) is 0 Å². The molecule has 0 bridgehead atoms. The van der Waals surface area contributed by atoms with E-state index in [1.807, 2.05) is 0 Å². The van der Waals surface area contributed by atoms with E-state index in [1.165, 1.54) is 6.07 Å². The van der Waals surface area contributed by atoms with E-state index in [1.54, 1.807) is 31.1 Å². The second kappa shape index (κ2) is 6.34. The van der Waals surface area contributed by atoms with Gasteiger partial charge in [0.25, 0.3) is 15.0 Å². The van der Waals surface area contributed by atoms with Gasteiger partial charge < -0.3 is 9.64 Å². The number of hydrogen-bond donors (Lipinski definition) is 0. The molecular weight excluding hydrogens is 314 g/mol. The van der Waals surface area contributed by atoms with Crippen molar-refractivity contribution in [3.05, 3.63) is 29.3 Å². The molecule has 1 aliphatic carbocycles. The van der Waals surface area contributed by atoms with Gasteiger partial charge in [0, 0.05) is 30.4 Å². The van der Waals surface area contributed by atoms with Crippen molar-refractivity contribution in [1.29, 1.82) is 0 Å². The Morgan fingerprint density at radius 2 is 2.10 bits per heavy atom. The molecule has 1 aliphatic rings. The van der Waals surface area contributed by atoms with Crippen LogP contribution in [0.2, 0.25) is 0 Å². The summed E-state index contributed by atoms with van der Waals surface area (Å²) in [6, 6.07) is 4.74. The van der Waals surface area contributed by atoms with Crippen LogP contribution in [-0.4, -0.2) is 45.5 Å². The second-order valence-electron chi connectivity index (χ2n) is 5.16. The topological polar surface area (TPSA) is 63.7 Å². The quantitative estimate of drug-likeness (QED) is 0.749. The van der Waals surface area contributed by atoms with Gasteiger partial charge in [-0.1, -0.05) is 11.6 Å². The molecule has 7 heteroatoms. The van der Waals surface area contributed by atoms with Crippen molar-refractivity contribution >= 4 is 25.6 Å². The van der Waals surface area contributed by atoms with Gasteiger partial charge in [-0.05, 0) is 31.9 Å². The summed E-state index contributed by atoms with van der Waals surface area (Å²) in [5.74, 6) is -0.308. The van der Waals surface area contributed by atoms with E-state index in [-0.39, 0.29) is 22.4 Å². The highest BCUT2D eigenvalue weighted by molar-refractivity contribution is 8.13. The SMILES string of the molecule is COCCN(C(=O)c1cc(C)ccc1S(=O)(=O)Cl)C1CC1. The lowest BCUT2D eigenvalue weighted by molar-refractivity contribution is 0.0676. The van der Waals surface area contributed by atoms with Crippen LogP contribution in [0.3, 0.4) is 0 Å². The maximum absolute atomic E-state index is 12.7. The largest absolute Gasteiger partial charge is 0.383 e. The summed E-state index contributed by atoms with van der Waals surface area (Å²) < 4.78 is 28.3. The van der Waals surface area contributed by atoms with Gasteiger partial charge in [0.2, 0.25) is 0 Å². The number of hydrogen-bond acceptors (Lipinski definition) is 4. The van der Waals surface area contributed by atoms with Crippen molar-refractivity contribution in [3.8, 4) is 0 Å². The van der Waals surface area contributed by atoms with Crippen LogP contribution >= 0.6 is 10.7 Å². The second-order valence-corrected chi connectivity index (χ2v) is 7.69. The van der Waals surface area contributed by atoms with E-state index in [2.05, 4.69) is 0 Å². The van der Waals surface area contributed by atoms with Gasteiger partial charge in [-0.25, -0.2) is 8.42 Å². The Balaban J connectivity index is 2.39. The molecule has 0 saturated heterocycles. The number of nitrogens with zero attached hydrogens (tertiary/aromatic N) is 1. The third-order valence-corrected chi connectivity index (χ3v) is 4.79. The molecule has 116 valence electrons. The maximum atomic E-state index is 12.7. The number of carbonyl (C=O) groups excluding carboxylic acids is 1. The zero-order chi connectivity index (χ0) is 15.6. The van der Waals surface area contributed by atoms with Gasteiger partial charge in [-0.3, -0.25) is 4.79 Å². The predicted octanol–water partition coefficient (Wildman–Crippen LogP) is 2.17. The Morgan fingerprint density at radius 1 is 1.43 bits per heavy atom. The lowest BCUT2D eigenvalue weighted by atomic mass is 10.1. The summed E-state index contributed by atoms with van der Waals surface area (Å²) in [7, 11) is 3.05. The van der Waals surface area contributed by atoms with Crippen molar-refractivity contribution in [2.75, 3.05) is 20.3 Å². The summed E-state index contributed by atoms with van der Waals surface area (Å²) in [5, 5.41) is 0. The highest BCUT2D eigenvalue weighted by Gasteiger charge is 2.34. The molecule has 21 heavy (non-hydrogen) atoms. The Bertz CT molecular complexity index is 640. The zero-order valence-electron chi connectivity index (χ0n) is 12.0. The number of benzene rings is 1. The molecule has 0 radical (unpaired) electrons. The number of methoxy groups -OCH3 is 1. The number of halogens is 1. The summed E-state index contributed by atoms with van der Waals surface area (Å²) in [6.07, 6.45) is 1.87. The predicted molar refractivity (Wildman–Crippen MR) is 80.2 cm³/mol. The van der Waals surface area contributed by atoms with Crippen LogP contribution in [0.25, 0.3) is 0 Å². The number of amides is 1. The molecule has 1 fully saturated rings. The number of ether oxygens (including phenoxy) is 1. The molecule has 5 nitrogen and oxygen atoms in total. The van der Waals surface area contributed by atoms with Crippen LogP contribution in [0.15, 0.2) is 23.1 Å². The molecule has 0 atom stereocenters. The van der Waals surface area contributed by atoms with Crippen LogP contribution in [0.4, 0.5) is 0 Å². The Labute approximate surface area is 129 Å². The highest BCUT2D eigenvalue weighted by Crippen LogP contribution is 2.30. The molecule has 0 aliphatic heterocycles. The van der Waals surface area contributed by atoms with Crippen molar-refractivity contribution in [2.24, 2.45) is 0 Å². The Kier molecular flexibility index (Phi) is 4.91. The molecule has 0 spiro atoms. The molecule has 0 heterocycles.